The molecule has 0 heterocycles. The normalized spacial score (nSPS) is 11.9. The first-order valence-corrected chi connectivity index (χ1v) is 45.0. The molecule has 0 amide bonds. The molecule has 74 heavy (non-hydrogen) atoms. The number of esters is 1. The molecule has 3 N–H and O–H groups in total. The highest BCUT2D eigenvalue weighted by molar-refractivity contribution is 7.46. The average Bonchev–Trinajstić information content (AvgIpc) is 2.85. The van der Waals surface area contributed by atoms with Crippen molar-refractivity contribution in [2.75, 3.05) is 39.6 Å². The van der Waals surface area contributed by atoms with Gasteiger partial charge in [0.1, 0.15) is 13.0 Å². The van der Waals surface area contributed by atoms with E-state index in [1.165, 1.54) is 0 Å². The van der Waals surface area contributed by atoms with Crippen molar-refractivity contribution in [2.45, 2.75) is 283 Å². The minimum absolute atomic E-state index is 0. The predicted octanol–water partition coefficient (Wildman–Crippen LogP) is 19.3. The summed E-state index contributed by atoms with van der Waals surface area (Å²) >= 11 is 0. The SMILES string of the molecule is C.C.C.C.C.C.C.C.C.C.C.C.C.C.C.C.C.C.C[Si](C)(C)O[Si](C)(C)O[Si](C)(CCCOCCOC(=O)CC(=O)O)O[Si](C)(C)C.C[Si](C)(C)O[Si](C)(C)O[Si](C)(CCCOCCOP(=O)(O)O)O[Si](C)(C)C. The van der Waals surface area contributed by atoms with E-state index in [0.717, 1.165) is 24.9 Å². The molecule has 16 nitrogen and oxygen atoms in total. The van der Waals surface area contributed by atoms with E-state index in [0.29, 0.717) is 13.2 Å². The Hall–Kier alpha value is 0.465. The molecule has 480 valence electrons. The Kier molecular flexibility index (Phi) is 106. The van der Waals surface area contributed by atoms with Gasteiger partial charge in [0, 0.05) is 13.2 Å². The van der Waals surface area contributed by atoms with Gasteiger partial charge < -0.3 is 53.8 Å². The number of carboxylic acid groups (broad SMARTS) is 1. The zero-order valence-corrected chi connectivity index (χ0v) is 46.8. The topological polar surface area (TPSA) is 204 Å². The number of phosphoric acid groups is 1. The number of carboxylic acids is 1. The Morgan fingerprint density at radius 1 is 0.378 bits per heavy atom. The van der Waals surface area contributed by atoms with Gasteiger partial charge in [0.2, 0.25) is 0 Å². The molecule has 0 saturated heterocycles. The molecule has 0 aliphatic carbocycles. The summed E-state index contributed by atoms with van der Waals surface area (Å²) in [5.74, 6) is -1.96. The van der Waals surface area contributed by atoms with E-state index in [9.17, 15) is 14.2 Å². The molecule has 25 heteroatoms. The number of rotatable bonds is 29. The van der Waals surface area contributed by atoms with E-state index in [4.69, 9.17) is 53.8 Å². The number of aliphatic carboxylic acids is 1. The summed E-state index contributed by atoms with van der Waals surface area (Å²) in [6, 6.07) is 1.57. The maximum atomic E-state index is 11.2. The van der Waals surface area contributed by atoms with E-state index in [-0.39, 0.29) is 160 Å². The van der Waals surface area contributed by atoms with Crippen LogP contribution < -0.4 is 0 Å². The van der Waals surface area contributed by atoms with Crippen molar-refractivity contribution in [3.8, 4) is 0 Å². The smallest absolute Gasteiger partial charge is 0.469 e. The van der Waals surface area contributed by atoms with Gasteiger partial charge in [0.05, 0.1) is 19.8 Å². The van der Waals surface area contributed by atoms with Crippen LogP contribution in [0.3, 0.4) is 0 Å². The molecular formula is C49H151O16PSi8. The summed E-state index contributed by atoms with van der Waals surface area (Å²) in [5.41, 5.74) is 0. The Morgan fingerprint density at radius 2 is 0.635 bits per heavy atom. The van der Waals surface area contributed by atoms with Crippen molar-refractivity contribution in [3.63, 3.8) is 0 Å². The molecular weight excluding hydrogens is 1100 g/mol. The molecule has 0 saturated carbocycles. The fourth-order valence-corrected chi connectivity index (χ4v) is 42.1. The first-order valence-electron chi connectivity index (χ1n) is 19.2. The summed E-state index contributed by atoms with van der Waals surface area (Å²) in [7, 11) is -20.9. The Labute approximate surface area is 479 Å². The quantitative estimate of drug-likeness (QED) is 0.0209. The highest BCUT2D eigenvalue weighted by atomic mass is 31.2. The molecule has 0 aromatic heterocycles. The first kappa shape index (κ1) is 135. The predicted molar refractivity (Wildman–Crippen MR) is 361 cm³/mol. The Balaban J connectivity index is -0.0000000353. The average molecular weight is 1250 g/mol. The van der Waals surface area contributed by atoms with E-state index >= 15 is 0 Å². The number of carbonyl (C=O) groups excluding carboxylic acids is 1. The zero-order valence-electron chi connectivity index (χ0n) is 37.9. The van der Waals surface area contributed by atoms with Crippen molar-refractivity contribution in [1.82, 2.24) is 0 Å². The van der Waals surface area contributed by atoms with Gasteiger partial charge in [0.25, 0.3) is 0 Å². The van der Waals surface area contributed by atoms with E-state index in [2.05, 4.69) is 122 Å². The second kappa shape index (κ2) is 58.1. The van der Waals surface area contributed by atoms with Gasteiger partial charge >= 0.3 is 54.0 Å². The van der Waals surface area contributed by atoms with Gasteiger partial charge in [0.15, 0.2) is 33.3 Å². The molecule has 0 aliphatic rings. The van der Waals surface area contributed by atoms with Crippen LogP contribution in [0.25, 0.3) is 0 Å². The summed E-state index contributed by atoms with van der Waals surface area (Å²) in [6.45, 7) is 39.8. The highest BCUT2D eigenvalue weighted by Gasteiger charge is 2.45. The lowest BCUT2D eigenvalue weighted by Crippen LogP contribution is -2.56. The maximum absolute atomic E-state index is 11.2. The van der Waals surface area contributed by atoms with Crippen LogP contribution >= 0.6 is 7.82 Å². The monoisotopic (exact) mass is 1250 g/mol. The van der Waals surface area contributed by atoms with Crippen LogP contribution in [0.15, 0.2) is 0 Å². The van der Waals surface area contributed by atoms with E-state index in [1.807, 2.05) is 0 Å². The highest BCUT2D eigenvalue weighted by Crippen LogP contribution is 2.35. The minimum Gasteiger partial charge on any atom is -0.481 e. The van der Waals surface area contributed by atoms with Gasteiger partial charge in [-0.1, -0.05) is 134 Å². The lowest BCUT2D eigenvalue weighted by Gasteiger charge is -2.41. The molecule has 0 rings (SSSR count). The Morgan fingerprint density at radius 3 is 0.865 bits per heavy atom. The van der Waals surface area contributed by atoms with E-state index in [1.54, 1.807) is 0 Å². The van der Waals surface area contributed by atoms with Crippen molar-refractivity contribution < 1.29 is 72.5 Å². The molecule has 0 fully saturated rings. The molecule has 2 atom stereocenters. The second-order valence-electron chi connectivity index (χ2n) is 18.7. The van der Waals surface area contributed by atoms with Crippen molar-refractivity contribution in [1.29, 1.82) is 0 Å². The van der Waals surface area contributed by atoms with Crippen LogP contribution in [-0.2, 0) is 57.6 Å². The van der Waals surface area contributed by atoms with Crippen LogP contribution in [0, 0.1) is 0 Å². The Bertz CT molecular complexity index is 1210. The summed E-state index contributed by atoms with van der Waals surface area (Å²) < 4.78 is 69.5. The first-order chi connectivity index (χ1) is 24.8. The zero-order chi connectivity index (χ0) is 44.5. The maximum Gasteiger partial charge on any atom is 0.469 e. The van der Waals surface area contributed by atoms with Gasteiger partial charge in [-0.05, 0) is 143 Å². The van der Waals surface area contributed by atoms with Crippen LogP contribution in [0.4, 0.5) is 0 Å². The molecule has 0 aromatic rings. The summed E-state index contributed by atoms with van der Waals surface area (Å²) in [5, 5.41) is 8.50. The lowest BCUT2D eigenvalue weighted by molar-refractivity contribution is -0.152. The van der Waals surface area contributed by atoms with Crippen LogP contribution in [0.5, 0.6) is 0 Å². The third-order valence-electron chi connectivity index (χ3n) is 6.18. The number of ether oxygens (including phenoxy) is 3. The minimum atomic E-state index is -4.43. The number of hydrogen-bond donors (Lipinski definition) is 3. The van der Waals surface area contributed by atoms with Gasteiger partial charge in [-0.2, -0.15) is 0 Å². The van der Waals surface area contributed by atoms with Crippen molar-refractivity contribution in [3.05, 3.63) is 0 Å². The largest absolute Gasteiger partial charge is 0.481 e. The molecule has 0 bridgehead atoms. The van der Waals surface area contributed by atoms with E-state index < -0.39 is 93.7 Å². The van der Waals surface area contributed by atoms with Crippen LogP contribution in [-0.4, -0.2) is 134 Å². The molecule has 0 spiro atoms. The molecule has 0 aliphatic heterocycles. The van der Waals surface area contributed by atoms with Crippen molar-refractivity contribution >= 4 is 87.3 Å². The fourth-order valence-electron chi connectivity index (χ4n) is 5.90. The van der Waals surface area contributed by atoms with Crippen molar-refractivity contribution in [2.24, 2.45) is 0 Å². The van der Waals surface area contributed by atoms with Crippen LogP contribution in [0.2, 0.25) is 130 Å². The van der Waals surface area contributed by atoms with Crippen LogP contribution in [0.1, 0.15) is 153 Å². The van der Waals surface area contributed by atoms with Gasteiger partial charge in [-0.25, -0.2) is 4.57 Å². The van der Waals surface area contributed by atoms with Gasteiger partial charge in [-0.15, -0.1) is 0 Å². The third-order valence-corrected chi connectivity index (χ3v) is 33.8. The fraction of sp³-hybridized carbons (Fsp3) is 0.959. The molecule has 0 aromatic carbocycles. The third kappa shape index (κ3) is 91.9. The number of hydrogen-bond acceptors (Lipinski definition) is 13. The number of carbonyl (C=O) groups is 2. The number of phosphoric ester groups is 1. The lowest BCUT2D eigenvalue weighted by atomic mass is 10.4. The summed E-state index contributed by atoms with van der Waals surface area (Å²) in [4.78, 5) is 38.8. The van der Waals surface area contributed by atoms with Gasteiger partial charge in [-0.3, -0.25) is 14.1 Å². The second-order valence-corrected chi connectivity index (χ2v) is 52.8. The standard InChI is InChI=1S/C17H40O8Si4.C14H39O8PSi4.18CH4/c1-26(2,3)23-28(7,8)25-29(9,24-27(4,5)6)14-10-11-21-12-13-22-17(20)15-16(18)19;1-24(2,3)20-26(7,8)22-27(9,21-25(4,5)6)14-10-11-18-12-13-19-23(15,16)17;;;;;;;;;;;;;;;;;;/h10-15H2,1-9H3,(H,18,19);10-14H2,1-9H3,(H2,15,16,17);18*1H4. The molecule has 0 radical (unpaired) electrons. The summed E-state index contributed by atoms with van der Waals surface area (Å²) in [6.07, 6.45) is 0.892. The molecule has 2 unspecified atom stereocenters.